The van der Waals surface area contributed by atoms with Gasteiger partial charge in [0, 0.05) is 30.5 Å². The van der Waals surface area contributed by atoms with E-state index >= 15 is 0 Å². The molecule has 1 aromatic carbocycles. The molecule has 27 heavy (non-hydrogen) atoms. The number of carbonyl (C=O) groups is 1. The van der Waals surface area contributed by atoms with Crippen LogP contribution in [0.4, 0.5) is 9.52 Å². The normalized spacial score (nSPS) is 20.8. The van der Waals surface area contributed by atoms with Gasteiger partial charge in [-0.1, -0.05) is 31.4 Å². The number of amides is 1. The number of hydrogen-bond donors (Lipinski definition) is 1. The monoisotopic (exact) mass is 388 g/mol. The van der Waals surface area contributed by atoms with Crippen molar-refractivity contribution in [3.8, 4) is 0 Å². The van der Waals surface area contributed by atoms with Gasteiger partial charge >= 0.3 is 0 Å². The molecule has 4 rings (SSSR count). The van der Waals surface area contributed by atoms with E-state index < -0.39 is 0 Å². The molecule has 1 unspecified atom stereocenters. The Labute approximate surface area is 163 Å². The summed E-state index contributed by atoms with van der Waals surface area (Å²) in [6.45, 7) is 0.841. The van der Waals surface area contributed by atoms with E-state index in [0.717, 1.165) is 48.7 Å². The number of nitrogens with one attached hydrogen (secondary N) is 1. The lowest BCUT2D eigenvalue weighted by Crippen LogP contribution is -2.47. The van der Waals surface area contributed by atoms with Gasteiger partial charge < -0.3 is 10.2 Å². The summed E-state index contributed by atoms with van der Waals surface area (Å²) in [5.41, 5.74) is 0.980. The molecule has 0 radical (unpaired) electrons. The molecule has 2 aromatic rings. The predicted molar refractivity (Wildman–Crippen MR) is 104 cm³/mol. The Kier molecular flexibility index (Phi) is 5.66. The molecule has 144 valence electrons. The molecule has 1 N–H and O–H groups in total. The van der Waals surface area contributed by atoms with E-state index in [1.165, 1.54) is 42.9 Å². The third kappa shape index (κ3) is 4.46. The molecule has 2 heterocycles. The van der Waals surface area contributed by atoms with Crippen LogP contribution in [0.1, 0.15) is 56.3 Å². The number of hydrogen-bond acceptors (Lipinski definition) is 5. The van der Waals surface area contributed by atoms with Crippen molar-refractivity contribution in [2.45, 2.75) is 63.5 Å². The first-order valence-corrected chi connectivity index (χ1v) is 10.6. The Morgan fingerprint density at radius 2 is 1.93 bits per heavy atom. The van der Waals surface area contributed by atoms with E-state index in [1.807, 2.05) is 0 Å². The second kappa shape index (κ2) is 8.33. The van der Waals surface area contributed by atoms with Gasteiger partial charge in [0.05, 0.1) is 0 Å². The van der Waals surface area contributed by atoms with Crippen LogP contribution in [0.2, 0.25) is 0 Å². The summed E-state index contributed by atoms with van der Waals surface area (Å²) in [6, 6.07) is 6.61. The van der Waals surface area contributed by atoms with Crippen LogP contribution in [0.5, 0.6) is 0 Å². The molecule has 2 fully saturated rings. The van der Waals surface area contributed by atoms with E-state index in [4.69, 9.17) is 0 Å². The van der Waals surface area contributed by atoms with Crippen molar-refractivity contribution in [1.29, 1.82) is 0 Å². The molecule has 1 saturated heterocycles. The molecule has 5 nitrogen and oxygen atoms in total. The number of halogens is 1. The van der Waals surface area contributed by atoms with Gasteiger partial charge in [-0.05, 0) is 43.4 Å². The van der Waals surface area contributed by atoms with Crippen molar-refractivity contribution in [1.82, 2.24) is 14.7 Å². The van der Waals surface area contributed by atoms with Crippen molar-refractivity contribution in [2.75, 3.05) is 11.4 Å². The summed E-state index contributed by atoms with van der Waals surface area (Å²) in [5.74, 6) is 0.615. The first kappa shape index (κ1) is 18.3. The highest BCUT2D eigenvalue weighted by Crippen LogP contribution is 2.28. The van der Waals surface area contributed by atoms with Crippen molar-refractivity contribution >= 4 is 22.6 Å². The lowest BCUT2D eigenvalue weighted by atomic mass is 9.95. The highest BCUT2D eigenvalue weighted by molar-refractivity contribution is 7.09. The van der Waals surface area contributed by atoms with Gasteiger partial charge in [0.25, 0.3) is 0 Å². The highest BCUT2D eigenvalue weighted by Gasteiger charge is 2.34. The minimum Gasteiger partial charge on any atom is -0.352 e. The van der Waals surface area contributed by atoms with E-state index in [1.54, 1.807) is 12.1 Å². The topological polar surface area (TPSA) is 58.1 Å². The molecule has 1 aliphatic heterocycles. The maximum Gasteiger partial charge on any atom is 0.243 e. The Bertz CT molecular complexity index is 773. The number of benzene rings is 1. The third-order valence-electron chi connectivity index (χ3n) is 5.49. The van der Waals surface area contributed by atoms with Gasteiger partial charge in [0.15, 0.2) is 0 Å². The van der Waals surface area contributed by atoms with Crippen LogP contribution in [0.15, 0.2) is 24.3 Å². The number of rotatable bonds is 5. The second-order valence-corrected chi connectivity index (χ2v) is 8.22. The second-order valence-electron chi connectivity index (χ2n) is 7.49. The molecule has 1 atom stereocenters. The Balaban J connectivity index is 1.40. The molecule has 0 spiro atoms. The van der Waals surface area contributed by atoms with Gasteiger partial charge in [0.1, 0.15) is 17.7 Å². The van der Waals surface area contributed by atoms with Gasteiger partial charge in [-0.15, -0.1) is 0 Å². The van der Waals surface area contributed by atoms with Crippen LogP contribution >= 0.6 is 11.5 Å². The molecule has 7 heteroatoms. The SMILES string of the molecule is O=C(NC1CCCCC1)C1CCCN1c1nc(Cc2ccc(F)cc2)ns1. The lowest BCUT2D eigenvalue weighted by molar-refractivity contribution is -0.123. The average molecular weight is 389 g/mol. The lowest BCUT2D eigenvalue weighted by Gasteiger charge is -2.27. The van der Waals surface area contributed by atoms with E-state index in [9.17, 15) is 9.18 Å². The van der Waals surface area contributed by atoms with Crippen LogP contribution in [0, 0.1) is 5.82 Å². The molecular weight excluding hydrogens is 363 g/mol. The highest BCUT2D eigenvalue weighted by atomic mass is 32.1. The fourth-order valence-corrected chi connectivity index (χ4v) is 4.79. The summed E-state index contributed by atoms with van der Waals surface area (Å²) in [7, 11) is 0. The number of carbonyl (C=O) groups excluding carboxylic acids is 1. The van der Waals surface area contributed by atoms with Crippen molar-refractivity contribution in [2.24, 2.45) is 0 Å². The zero-order chi connectivity index (χ0) is 18.6. The van der Waals surface area contributed by atoms with Crippen LogP contribution in [0.3, 0.4) is 0 Å². The fourth-order valence-electron chi connectivity index (χ4n) is 4.03. The molecule has 1 saturated carbocycles. The molecule has 1 amide bonds. The first-order chi connectivity index (χ1) is 13.2. The number of nitrogens with zero attached hydrogens (tertiary/aromatic N) is 3. The minimum absolute atomic E-state index is 0.134. The molecule has 2 aliphatic rings. The largest absolute Gasteiger partial charge is 0.352 e. The Hall–Kier alpha value is -2.02. The molecule has 0 bridgehead atoms. The van der Waals surface area contributed by atoms with Crippen molar-refractivity contribution in [3.63, 3.8) is 0 Å². The maximum atomic E-state index is 13.0. The number of aromatic nitrogens is 2. The standard InChI is InChI=1S/C20H25FN4OS/c21-15-10-8-14(9-11-15)13-18-23-20(27-24-18)25-12-4-7-17(25)19(26)22-16-5-2-1-3-6-16/h8-11,16-17H,1-7,12-13H2,(H,22,26). The van der Waals surface area contributed by atoms with Gasteiger partial charge in [0.2, 0.25) is 11.0 Å². The van der Waals surface area contributed by atoms with Gasteiger partial charge in [-0.3, -0.25) is 4.79 Å². The minimum atomic E-state index is -0.241. The Morgan fingerprint density at radius 3 is 2.70 bits per heavy atom. The summed E-state index contributed by atoms with van der Waals surface area (Å²) >= 11 is 1.35. The van der Waals surface area contributed by atoms with Crippen LogP contribution in [-0.4, -0.2) is 33.9 Å². The third-order valence-corrected chi connectivity index (χ3v) is 6.28. The van der Waals surface area contributed by atoms with Crippen LogP contribution in [-0.2, 0) is 11.2 Å². The molecule has 1 aliphatic carbocycles. The summed E-state index contributed by atoms with van der Waals surface area (Å²) in [6.07, 6.45) is 8.33. The summed E-state index contributed by atoms with van der Waals surface area (Å²) < 4.78 is 17.5. The zero-order valence-corrected chi connectivity index (χ0v) is 16.2. The van der Waals surface area contributed by atoms with Gasteiger partial charge in [-0.2, -0.15) is 4.37 Å². The van der Waals surface area contributed by atoms with Gasteiger partial charge in [-0.25, -0.2) is 9.37 Å². The summed E-state index contributed by atoms with van der Waals surface area (Å²) in [5, 5.41) is 4.07. The van der Waals surface area contributed by atoms with Crippen LogP contribution < -0.4 is 10.2 Å². The first-order valence-electron chi connectivity index (χ1n) is 9.83. The zero-order valence-electron chi connectivity index (χ0n) is 15.4. The van der Waals surface area contributed by atoms with Crippen LogP contribution in [0.25, 0.3) is 0 Å². The Morgan fingerprint density at radius 1 is 1.15 bits per heavy atom. The smallest absolute Gasteiger partial charge is 0.243 e. The van der Waals surface area contributed by atoms with Crippen molar-refractivity contribution in [3.05, 3.63) is 41.5 Å². The summed E-state index contributed by atoms with van der Waals surface area (Å²) in [4.78, 5) is 19.5. The predicted octanol–water partition coefficient (Wildman–Crippen LogP) is 3.69. The fraction of sp³-hybridized carbons (Fsp3) is 0.550. The number of anilines is 1. The van der Waals surface area contributed by atoms with Crippen molar-refractivity contribution < 1.29 is 9.18 Å². The van der Waals surface area contributed by atoms with E-state index in [-0.39, 0.29) is 17.8 Å². The quantitative estimate of drug-likeness (QED) is 0.849. The average Bonchev–Trinajstić information content (AvgIpc) is 3.33. The molecular formula is C20H25FN4OS. The van der Waals surface area contributed by atoms with E-state index in [2.05, 4.69) is 19.6 Å². The van der Waals surface area contributed by atoms with E-state index in [0.29, 0.717) is 12.5 Å². The molecule has 1 aromatic heterocycles. The maximum absolute atomic E-state index is 13.0.